The summed E-state index contributed by atoms with van der Waals surface area (Å²) in [6.45, 7) is 3.75. The third-order valence-electron chi connectivity index (χ3n) is 3.59. The lowest BCUT2D eigenvalue weighted by molar-refractivity contribution is 0.160. The average Bonchev–Trinajstić information content (AvgIpc) is 2.59. The van der Waals surface area contributed by atoms with Crippen LogP contribution in [-0.2, 0) is 4.74 Å². The fourth-order valence-electron chi connectivity index (χ4n) is 2.29. The normalized spacial score (nSPS) is 12.9. The zero-order chi connectivity index (χ0) is 18.4. The molecule has 2 atom stereocenters. The Balaban J connectivity index is 2.17. The molecular weight excluding hydrogens is 322 g/mol. The molecule has 0 saturated heterocycles. The molecule has 0 aliphatic rings. The maximum Gasteiger partial charge on any atom is 0.412 e. The lowest BCUT2D eigenvalue weighted by Crippen LogP contribution is -2.25. The molecule has 0 bridgehead atoms. The van der Waals surface area contributed by atoms with E-state index in [1.54, 1.807) is 6.92 Å². The van der Waals surface area contributed by atoms with E-state index in [9.17, 15) is 9.90 Å². The van der Waals surface area contributed by atoms with E-state index in [-0.39, 0.29) is 30.0 Å². The van der Waals surface area contributed by atoms with E-state index in [4.69, 9.17) is 16.2 Å². The summed E-state index contributed by atoms with van der Waals surface area (Å²) in [6.07, 6.45) is -1.39. The van der Waals surface area contributed by atoms with Crippen LogP contribution in [0.3, 0.4) is 0 Å². The summed E-state index contributed by atoms with van der Waals surface area (Å²) in [7, 11) is 0. The van der Waals surface area contributed by atoms with Crippen LogP contribution in [0.2, 0.25) is 0 Å². The number of amides is 1. The molecule has 2 rings (SSSR count). The Bertz CT molecular complexity index is 724. The molecule has 0 spiro atoms. The van der Waals surface area contributed by atoms with Crippen molar-refractivity contribution >= 4 is 29.1 Å². The van der Waals surface area contributed by atoms with Gasteiger partial charge in [0, 0.05) is 6.07 Å². The molecule has 1 heterocycles. The molecule has 1 unspecified atom stereocenters. The van der Waals surface area contributed by atoms with Gasteiger partial charge in [-0.25, -0.2) is 9.78 Å². The summed E-state index contributed by atoms with van der Waals surface area (Å²) in [5.74, 6) is 0.271. The molecule has 0 saturated carbocycles. The van der Waals surface area contributed by atoms with Crippen LogP contribution in [0.4, 0.5) is 27.8 Å². The van der Waals surface area contributed by atoms with Crippen LogP contribution in [0.5, 0.6) is 0 Å². The fourth-order valence-corrected chi connectivity index (χ4v) is 2.29. The number of rotatable bonds is 6. The zero-order valence-corrected chi connectivity index (χ0v) is 14.2. The van der Waals surface area contributed by atoms with Gasteiger partial charge in [0.2, 0.25) is 0 Å². The second-order valence-electron chi connectivity index (χ2n) is 5.49. The number of benzene rings is 1. The molecule has 0 aliphatic heterocycles. The highest BCUT2D eigenvalue weighted by molar-refractivity contribution is 5.87. The predicted molar refractivity (Wildman–Crippen MR) is 98.2 cm³/mol. The molecule has 7 N–H and O–H groups in total. The van der Waals surface area contributed by atoms with Crippen molar-refractivity contribution in [1.29, 1.82) is 0 Å². The van der Waals surface area contributed by atoms with Gasteiger partial charge in [-0.1, -0.05) is 30.3 Å². The number of carbonyl (C=O) groups excluding carboxylic acids is 1. The molecule has 8 nitrogen and oxygen atoms in total. The number of nitrogen functional groups attached to an aromatic ring is 2. The highest BCUT2D eigenvalue weighted by Crippen LogP contribution is 2.29. The first-order valence-corrected chi connectivity index (χ1v) is 7.91. The summed E-state index contributed by atoms with van der Waals surface area (Å²) in [5, 5.41) is 16.0. The van der Waals surface area contributed by atoms with E-state index < -0.39 is 12.2 Å². The molecule has 0 fully saturated rings. The summed E-state index contributed by atoms with van der Waals surface area (Å²) in [5.41, 5.74) is 13.2. The van der Waals surface area contributed by atoms with Crippen LogP contribution < -0.4 is 22.1 Å². The predicted octanol–water partition coefficient (Wildman–Crippen LogP) is 2.35. The summed E-state index contributed by atoms with van der Waals surface area (Å²) in [4.78, 5) is 15.5. The fraction of sp³-hybridized carbons (Fsp3) is 0.294. The number of aliphatic hydroxyl groups is 1. The van der Waals surface area contributed by atoms with E-state index in [2.05, 4.69) is 15.6 Å². The largest absolute Gasteiger partial charge is 0.450 e. The van der Waals surface area contributed by atoms with Crippen LogP contribution in [0, 0.1) is 0 Å². The van der Waals surface area contributed by atoms with Crippen molar-refractivity contribution in [3.05, 3.63) is 42.0 Å². The van der Waals surface area contributed by atoms with Gasteiger partial charge in [0.1, 0.15) is 5.82 Å². The second kappa shape index (κ2) is 8.20. The van der Waals surface area contributed by atoms with Crippen molar-refractivity contribution in [2.24, 2.45) is 0 Å². The quantitative estimate of drug-likeness (QED) is 0.542. The van der Waals surface area contributed by atoms with E-state index in [1.165, 1.54) is 6.07 Å². The van der Waals surface area contributed by atoms with E-state index in [1.807, 2.05) is 37.3 Å². The molecule has 134 valence electrons. The van der Waals surface area contributed by atoms with Gasteiger partial charge in [-0.2, -0.15) is 0 Å². The van der Waals surface area contributed by atoms with Crippen LogP contribution in [-0.4, -0.2) is 28.8 Å². The molecule has 8 heteroatoms. The average molecular weight is 345 g/mol. The molecule has 1 aromatic carbocycles. The first-order chi connectivity index (χ1) is 11.9. The van der Waals surface area contributed by atoms with Crippen molar-refractivity contribution in [2.75, 3.05) is 28.7 Å². The van der Waals surface area contributed by atoms with Crippen molar-refractivity contribution < 1.29 is 14.6 Å². The number of nitrogens with two attached hydrogens (primary N) is 2. The van der Waals surface area contributed by atoms with Crippen molar-refractivity contribution in [3.63, 3.8) is 0 Å². The van der Waals surface area contributed by atoms with E-state index >= 15 is 0 Å². The highest BCUT2D eigenvalue weighted by atomic mass is 16.5. The van der Waals surface area contributed by atoms with Gasteiger partial charge in [0.05, 0.1) is 30.1 Å². The smallest absolute Gasteiger partial charge is 0.412 e. The monoisotopic (exact) mass is 345 g/mol. The minimum Gasteiger partial charge on any atom is -0.450 e. The Morgan fingerprint density at radius 2 is 2.00 bits per heavy atom. The number of hydrogen-bond acceptors (Lipinski definition) is 7. The van der Waals surface area contributed by atoms with Gasteiger partial charge in [-0.15, -0.1) is 0 Å². The van der Waals surface area contributed by atoms with Crippen LogP contribution in [0.25, 0.3) is 0 Å². The molecule has 1 aromatic heterocycles. The molecule has 1 amide bonds. The molecule has 0 radical (unpaired) electrons. The van der Waals surface area contributed by atoms with Gasteiger partial charge in [-0.3, -0.25) is 5.32 Å². The maximum absolute atomic E-state index is 11.5. The Hall–Kier alpha value is -3.00. The van der Waals surface area contributed by atoms with E-state index in [0.29, 0.717) is 5.69 Å². The van der Waals surface area contributed by atoms with Gasteiger partial charge < -0.3 is 26.6 Å². The minimum atomic E-state index is -0.753. The minimum absolute atomic E-state index is 0.0678. The third kappa shape index (κ3) is 4.74. The Morgan fingerprint density at radius 1 is 1.32 bits per heavy atom. The molecule has 0 aliphatic carbocycles. The summed E-state index contributed by atoms with van der Waals surface area (Å²) in [6, 6.07) is 10.4. The standard InChI is InChI=1S/C17H23N5O3/c1-3-25-17(24)22-13-9-12(14(18)16(19)21-13)20-10(2)15(23)11-7-5-4-6-8-11/h4-10,15,23H,3,18H2,1-2H3,(H4,19,20,21,22,24)/t10?,15-/m0/s1. The van der Waals surface area contributed by atoms with Crippen LogP contribution in [0.1, 0.15) is 25.5 Å². The maximum atomic E-state index is 11.5. The number of nitrogens with zero attached hydrogens (tertiary/aromatic N) is 1. The Kier molecular flexibility index (Phi) is 6.02. The van der Waals surface area contributed by atoms with Gasteiger partial charge in [0.15, 0.2) is 5.82 Å². The zero-order valence-electron chi connectivity index (χ0n) is 14.2. The third-order valence-corrected chi connectivity index (χ3v) is 3.59. The van der Waals surface area contributed by atoms with Crippen molar-refractivity contribution in [1.82, 2.24) is 4.98 Å². The highest BCUT2D eigenvalue weighted by Gasteiger charge is 2.18. The second-order valence-corrected chi connectivity index (χ2v) is 5.49. The van der Waals surface area contributed by atoms with Crippen LogP contribution in [0.15, 0.2) is 36.4 Å². The van der Waals surface area contributed by atoms with E-state index in [0.717, 1.165) is 5.56 Å². The number of hydrogen-bond donors (Lipinski definition) is 5. The Labute approximate surface area is 146 Å². The Morgan fingerprint density at radius 3 is 2.64 bits per heavy atom. The topological polar surface area (TPSA) is 136 Å². The van der Waals surface area contributed by atoms with Crippen molar-refractivity contribution in [2.45, 2.75) is 26.0 Å². The number of aromatic nitrogens is 1. The number of ether oxygens (including phenoxy) is 1. The molecule has 25 heavy (non-hydrogen) atoms. The van der Waals surface area contributed by atoms with Gasteiger partial charge in [-0.05, 0) is 19.4 Å². The lowest BCUT2D eigenvalue weighted by Gasteiger charge is -2.23. The number of carbonyl (C=O) groups is 1. The van der Waals surface area contributed by atoms with Crippen LogP contribution >= 0.6 is 0 Å². The molecular formula is C17H23N5O3. The first kappa shape index (κ1) is 18.3. The number of aliphatic hydroxyl groups excluding tert-OH is 1. The summed E-state index contributed by atoms with van der Waals surface area (Å²) >= 11 is 0. The molecule has 2 aromatic rings. The van der Waals surface area contributed by atoms with Gasteiger partial charge >= 0.3 is 6.09 Å². The first-order valence-electron chi connectivity index (χ1n) is 7.91. The van der Waals surface area contributed by atoms with Crippen molar-refractivity contribution in [3.8, 4) is 0 Å². The number of nitrogens with one attached hydrogen (secondary N) is 2. The number of anilines is 4. The van der Waals surface area contributed by atoms with Gasteiger partial charge in [0.25, 0.3) is 0 Å². The lowest BCUT2D eigenvalue weighted by atomic mass is 10.0. The SMILES string of the molecule is CCOC(=O)Nc1cc(NC(C)[C@H](O)c2ccccc2)c(N)c(N)n1. The number of pyridine rings is 1. The summed E-state index contributed by atoms with van der Waals surface area (Å²) < 4.78 is 4.81.